The Kier molecular flexibility index (Phi) is 4.74. The number of hydrogen-bond acceptors (Lipinski definition) is 3. The minimum Gasteiger partial charge on any atom is -0.384 e. The summed E-state index contributed by atoms with van der Waals surface area (Å²) in [5.74, 6) is -0.304. The summed E-state index contributed by atoms with van der Waals surface area (Å²) in [5, 5.41) is 6.27. The second-order valence-corrected chi connectivity index (χ2v) is 4.97. The molecule has 5 heteroatoms. The SMILES string of the molecule is CCCNc1cncc(Nc2c(F)cccc2Br)c1. The summed E-state index contributed by atoms with van der Waals surface area (Å²) in [6.45, 7) is 2.98. The highest BCUT2D eigenvalue weighted by Gasteiger charge is 2.07. The summed E-state index contributed by atoms with van der Waals surface area (Å²) >= 11 is 3.33. The van der Waals surface area contributed by atoms with Crippen molar-refractivity contribution in [2.75, 3.05) is 17.2 Å². The molecule has 100 valence electrons. The zero-order valence-electron chi connectivity index (χ0n) is 10.6. The molecule has 0 radical (unpaired) electrons. The summed E-state index contributed by atoms with van der Waals surface area (Å²) in [6.07, 6.45) is 4.45. The largest absolute Gasteiger partial charge is 0.384 e. The van der Waals surface area contributed by atoms with E-state index in [1.54, 1.807) is 24.5 Å². The molecule has 0 unspecified atom stereocenters. The zero-order chi connectivity index (χ0) is 13.7. The maximum atomic E-state index is 13.7. The van der Waals surface area contributed by atoms with Gasteiger partial charge < -0.3 is 10.6 Å². The predicted octanol–water partition coefficient (Wildman–Crippen LogP) is 4.55. The molecule has 0 amide bonds. The molecule has 0 bridgehead atoms. The average Bonchev–Trinajstić information content (AvgIpc) is 2.41. The van der Waals surface area contributed by atoms with Gasteiger partial charge in [-0.05, 0) is 40.5 Å². The number of nitrogens with zero attached hydrogens (tertiary/aromatic N) is 1. The molecule has 0 atom stereocenters. The van der Waals surface area contributed by atoms with Gasteiger partial charge in [-0.2, -0.15) is 0 Å². The van der Waals surface area contributed by atoms with Gasteiger partial charge in [0.05, 0.1) is 29.5 Å². The van der Waals surface area contributed by atoms with Gasteiger partial charge in [0.15, 0.2) is 0 Å². The highest BCUT2D eigenvalue weighted by molar-refractivity contribution is 9.10. The molecular weight excluding hydrogens is 309 g/mol. The molecule has 2 rings (SSSR count). The van der Waals surface area contributed by atoms with Gasteiger partial charge in [-0.3, -0.25) is 4.98 Å². The number of benzene rings is 1. The fourth-order valence-corrected chi connectivity index (χ4v) is 2.08. The third-order valence-electron chi connectivity index (χ3n) is 2.55. The van der Waals surface area contributed by atoms with Crippen molar-refractivity contribution < 1.29 is 4.39 Å². The maximum Gasteiger partial charge on any atom is 0.147 e. The van der Waals surface area contributed by atoms with Crippen LogP contribution in [0.5, 0.6) is 0 Å². The summed E-state index contributed by atoms with van der Waals surface area (Å²) in [7, 11) is 0. The lowest BCUT2D eigenvalue weighted by molar-refractivity contribution is 0.631. The van der Waals surface area contributed by atoms with Gasteiger partial charge in [0.1, 0.15) is 5.82 Å². The lowest BCUT2D eigenvalue weighted by Crippen LogP contribution is -2.01. The normalized spacial score (nSPS) is 10.3. The van der Waals surface area contributed by atoms with E-state index < -0.39 is 0 Å². The molecule has 1 aromatic heterocycles. The molecule has 3 nitrogen and oxygen atoms in total. The van der Waals surface area contributed by atoms with Crippen LogP contribution < -0.4 is 10.6 Å². The summed E-state index contributed by atoms with van der Waals surface area (Å²) < 4.78 is 14.4. The van der Waals surface area contributed by atoms with Crippen LogP contribution in [0.25, 0.3) is 0 Å². The monoisotopic (exact) mass is 323 g/mol. The topological polar surface area (TPSA) is 37.0 Å². The Labute approximate surface area is 120 Å². The highest BCUT2D eigenvalue weighted by atomic mass is 79.9. The van der Waals surface area contributed by atoms with Crippen molar-refractivity contribution in [3.8, 4) is 0 Å². The van der Waals surface area contributed by atoms with Gasteiger partial charge in [0.2, 0.25) is 0 Å². The van der Waals surface area contributed by atoms with Gasteiger partial charge in [-0.15, -0.1) is 0 Å². The van der Waals surface area contributed by atoms with Gasteiger partial charge in [-0.25, -0.2) is 4.39 Å². The Balaban J connectivity index is 2.19. The van der Waals surface area contributed by atoms with Crippen LogP contribution in [0.4, 0.5) is 21.5 Å². The molecule has 0 fully saturated rings. The number of para-hydroxylation sites is 1. The van der Waals surface area contributed by atoms with Crippen molar-refractivity contribution in [1.82, 2.24) is 4.98 Å². The lowest BCUT2D eigenvalue weighted by atomic mass is 10.3. The molecule has 1 aromatic carbocycles. The van der Waals surface area contributed by atoms with Crippen molar-refractivity contribution in [2.24, 2.45) is 0 Å². The van der Waals surface area contributed by atoms with Crippen LogP contribution in [0.1, 0.15) is 13.3 Å². The first-order valence-corrected chi connectivity index (χ1v) is 6.90. The van der Waals surface area contributed by atoms with E-state index in [0.717, 1.165) is 24.3 Å². The second-order valence-electron chi connectivity index (χ2n) is 4.11. The van der Waals surface area contributed by atoms with E-state index in [9.17, 15) is 4.39 Å². The van der Waals surface area contributed by atoms with Crippen molar-refractivity contribution in [3.05, 3.63) is 46.9 Å². The Morgan fingerprint density at radius 3 is 2.79 bits per heavy atom. The minimum absolute atomic E-state index is 0.304. The van der Waals surface area contributed by atoms with Crippen LogP contribution in [0, 0.1) is 5.82 Å². The molecule has 2 aromatic rings. The van der Waals surface area contributed by atoms with E-state index >= 15 is 0 Å². The molecular formula is C14H15BrFN3. The quantitative estimate of drug-likeness (QED) is 0.847. The number of halogens is 2. The maximum absolute atomic E-state index is 13.7. The number of anilines is 3. The van der Waals surface area contributed by atoms with Crippen LogP contribution in [0.2, 0.25) is 0 Å². The number of aromatic nitrogens is 1. The van der Waals surface area contributed by atoms with Crippen molar-refractivity contribution in [3.63, 3.8) is 0 Å². The van der Waals surface area contributed by atoms with Crippen LogP contribution in [0.15, 0.2) is 41.1 Å². The average molecular weight is 324 g/mol. The second kappa shape index (κ2) is 6.52. The summed E-state index contributed by atoms with van der Waals surface area (Å²) in [4.78, 5) is 4.13. The molecule has 0 spiro atoms. The van der Waals surface area contributed by atoms with Crippen LogP contribution in [0.3, 0.4) is 0 Å². The van der Waals surface area contributed by atoms with Crippen molar-refractivity contribution >= 4 is 33.0 Å². The van der Waals surface area contributed by atoms with Gasteiger partial charge in [-0.1, -0.05) is 13.0 Å². The van der Waals surface area contributed by atoms with Crippen molar-refractivity contribution in [2.45, 2.75) is 13.3 Å². The van der Waals surface area contributed by atoms with Crippen molar-refractivity contribution in [1.29, 1.82) is 0 Å². The van der Waals surface area contributed by atoms with Gasteiger partial charge in [0.25, 0.3) is 0 Å². The van der Waals surface area contributed by atoms with Gasteiger partial charge in [0, 0.05) is 11.0 Å². The first-order valence-electron chi connectivity index (χ1n) is 6.10. The van der Waals surface area contributed by atoms with Crippen LogP contribution in [-0.2, 0) is 0 Å². The summed E-state index contributed by atoms with van der Waals surface area (Å²) in [6, 6.07) is 6.77. The van der Waals surface area contributed by atoms with Crippen LogP contribution >= 0.6 is 15.9 Å². The van der Waals surface area contributed by atoms with E-state index in [1.807, 2.05) is 6.07 Å². The smallest absolute Gasteiger partial charge is 0.147 e. The molecule has 0 saturated heterocycles. The Morgan fingerprint density at radius 2 is 2.05 bits per heavy atom. The molecule has 0 aliphatic heterocycles. The fraction of sp³-hybridized carbons (Fsp3) is 0.214. The van der Waals surface area contributed by atoms with E-state index in [1.165, 1.54) is 6.07 Å². The molecule has 0 aliphatic carbocycles. The highest BCUT2D eigenvalue weighted by Crippen LogP contribution is 2.28. The third-order valence-corrected chi connectivity index (χ3v) is 3.21. The third kappa shape index (κ3) is 3.67. The molecule has 0 aliphatic rings. The first kappa shape index (κ1) is 13.8. The number of rotatable bonds is 5. The van der Waals surface area contributed by atoms with Crippen LogP contribution in [-0.4, -0.2) is 11.5 Å². The fourth-order valence-electron chi connectivity index (χ4n) is 1.64. The van der Waals surface area contributed by atoms with E-state index in [4.69, 9.17) is 0 Å². The Hall–Kier alpha value is -1.62. The Morgan fingerprint density at radius 1 is 1.26 bits per heavy atom. The first-order chi connectivity index (χ1) is 9.20. The predicted molar refractivity (Wildman–Crippen MR) is 80.4 cm³/mol. The van der Waals surface area contributed by atoms with E-state index in [0.29, 0.717) is 10.2 Å². The van der Waals surface area contributed by atoms with E-state index in [-0.39, 0.29) is 5.82 Å². The van der Waals surface area contributed by atoms with Gasteiger partial charge >= 0.3 is 0 Å². The molecule has 2 N–H and O–H groups in total. The zero-order valence-corrected chi connectivity index (χ0v) is 12.2. The Bertz CT molecular complexity index is 540. The standard InChI is InChI=1S/C14H15BrFN3/c1-2-6-18-10-7-11(9-17-8-10)19-14-12(15)4-3-5-13(14)16/h3-5,7-9,18-19H,2,6H2,1H3. The molecule has 1 heterocycles. The number of pyridine rings is 1. The summed E-state index contributed by atoms with van der Waals surface area (Å²) in [5.41, 5.74) is 2.07. The molecule has 0 saturated carbocycles. The minimum atomic E-state index is -0.304. The van der Waals surface area contributed by atoms with E-state index in [2.05, 4.69) is 38.5 Å². The lowest BCUT2D eigenvalue weighted by Gasteiger charge is -2.11. The number of nitrogens with one attached hydrogen (secondary N) is 2. The molecule has 19 heavy (non-hydrogen) atoms. The number of hydrogen-bond donors (Lipinski definition) is 2.